The van der Waals surface area contributed by atoms with Crippen LogP contribution in [0.3, 0.4) is 0 Å². The molecule has 1 unspecified atom stereocenters. The number of hydrogen-bond donors (Lipinski definition) is 2. The lowest BCUT2D eigenvalue weighted by atomic mass is 10.1. The topological polar surface area (TPSA) is 104 Å². The monoisotopic (exact) mass is 290 g/mol. The molecule has 2 N–H and O–H groups in total. The van der Waals surface area contributed by atoms with Crippen molar-refractivity contribution in [1.29, 1.82) is 0 Å². The van der Waals surface area contributed by atoms with Crippen molar-refractivity contribution in [2.24, 2.45) is 0 Å². The van der Waals surface area contributed by atoms with Crippen molar-refractivity contribution < 1.29 is 24.3 Å². The maximum Gasteiger partial charge on any atom is 0.325 e. The fourth-order valence-corrected chi connectivity index (χ4v) is 2.03. The van der Waals surface area contributed by atoms with Crippen molar-refractivity contribution in [2.75, 3.05) is 6.54 Å². The molecule has 0 radical (unpaired) electrons. The molecule has 0 spiro atoms. The first-order chi connectivity index (χ1) is 9.91. The second kappa shape index (κ2) is 5.74. The summed E-state index contributed by atoms with van der Waals surface area (Å²) in [6.45, 7) is 1.26. The summed E-state index contributed by atoms with van der Waals surface area (Å²) in [4.78, 5) is 47.2. The summed E-state index contributed by atoms with van der Waals surface area (Å²) >= 11 is 0. The molecule has 2 rings (SSSR count). The van der Waals surface area contributed by atoms with Crippen molar-refractivity contribution >= 4 is 23.7 Å². The standard InChI is InChI=1S/C14H14N2O5/c1-8(14(20)21)15-11(17)6-7-16-12(18)9-4-2-3-5-10(9)13(16)19/h2-5,8H,6-7H2,1H3,(H,15,17)(H,20,21). The first-order valence-electron chi connectivity index (χ1n) is 6.39. The zero-order valence-corrected chi connectivity index (χ0v) is 11.3. The number of carboxylic acid groups (broad SMARTS) is 1. The fraction of sp³-hybridized carbons (Fsp3) is 0.286. The molecular formula is C14H14N2O5. The molecule has 0 bridgehead atoms. The maximum absolute atomic E-state index is 12.0. The zero-order chi connectivity index (χ0) is 15.6. The highest BCUT2D eigenvalue weighted by Gasteiger charge is 2.35. The molecule has 0 aromatic heterocycles. The Bertz CT molecular complexity index is 591. The Balaban J connectivity index is 1.97. The highest BCUT2D eigenvalue weighted by atomic mass is 16.4. The number of benzene rings is 1. The predicted molar refractivity (Wildman–Crippen MR) is 71.7 cm³/mol. The third-order valence-corrected chi connectivity index (χ3v) is 3.19. The Kier molecular flexibility index (Phi) is 4.02. The summed E-state index contributed by atoms with van der Waals surface area (Å²) in [5.41, 5.74) is 0.642. The first-order valence-corrected chi connectivity index (χ1v) is 6.39. The molecule has 21 heavy (non-hydrogen) atoms. The number of imide groups is 1. The van der Waals surface area contributed by atoms with Crippen molar-refractivity contribution in [3.8, 4) is 0 Å². The molecule has 1 heterocycles. The molecule has 0 fully saturated rings. The average molecular weight is 290 g/mol. The third-order valence-electron chi connectivity index (χ3n) is 3.19. The van der Waals surface area contributed by atoms with Crippen LogP contribution in [0.15, 0.2) is 24.3 Å². The molecule has 1 atom stereocenters. The molecule has 0 saturated carbocycles. The van der Waals surface area contributed by atoms with Gasteiger partial charge >= 0.3 is 5.97 Å². The summed E-state index contributed by atoms with van der Waals surface area (Å²) in [5.74, 6) is -2.55. The van der Waals surface area contributed by atoms with Crippen molar-refractivity contribution in [2.45, 2.75) is 19.4 Å². The number of carbonyl (C=O) groups excluding carboxylic acids is 3. The van der Waals surface area contributed by atoms with Gasteiger partial charge in [0, 0.05) is 13.0 Å². The Morgan fingerprint density at radius 3 is 2.19 bits per heavy atom. The molecule has 7 heteroatoms. The summed E-state index contributed by atoms with van der Waals surface area (Å²) < 4.78 is 0. The minimum Gasteiger partial charge on any atom is -0.480 e. The third kappa shape index (κ3) is 2.91. The number of aliphatic carboxylic acids is 1. The molecule has 1 aliphatic heterocycles. The van der Waals surface area contributed by atoms with E-state index in [-0.39, 0.29) is 13.0 Å². The van der Waals surface area contributed by atoms with E-state index in [0.717, 1.165) is 4.90 Å². The molecule has 1 aromatic carbocycles. The smallest absolute Gasteiger partial charge is 0.325 e. The van der Waals surface area contributed by atoms with Gasteiger partial charge in [0.1, 0.15) is 6.04 Å². The first kappa shape index (κ1) is 14.7. The van der Waals surface area contributed by atoms with Crippen molar-refractivity contribution in [1.82, 2.24) is 10.2 Å². The lowest BCUT2D eigenvalue weighted by Crippen LogP contribution is -2.40. The molecule has 7 nitrogen and oxygen atoms in total. The van der Waals surface area contributed by atoms with E-state index in [1.165, 1.54) is 6.92 Å². The number of rotatable bonds is 5. The highest BCUT2D eigenvalue weighted by Crippen LogP contribution is 2.22. The molecule has 0 aliphatic carbocycles. The number of nitrogens with zero attached hydrogens (tertiary/aromatic N) is 1. The number of carbonyl (C=O) groups is 4. The Hall–Kier alpha value is -2.70. The lowest BCUT2D eigenvalue weighted by molar-refractivity contribution is -0.141. The quantitative estimate of drug-likeness (QED) is 0.757. The van der Waals surface area contributed by atoms with Gasteiger partial charge in [0.2, 0.25) is 5.91 Å². The zero-order valence-electron chi connectivity index (χ0n) is 11.3. The molecule has 110 valence electrons. The Morgan fingerprint density at radius 2 is 1.71 bits per heavy atom. The second-order valence-electron chi connectivity index (χ2n) is 4.68. The van der Waals surface area contributed by atoms with E-state index >= 15 is 0 Å². The number of carboxylic acids is 1. The van der Waals surface area contributed by atoms with Crippen molar-refractivity contribution in [3.63, 3.8) is 0 Å². The van der Waals surface area contributed by atoms with Gasteiger partial charge in [0.25, 0.3) is 11.8 Å². The Labute approximate surface area is 120 Å². The average Bonchev–Trinajstić information content (AvgIpc) is 2.69. The minimum absolute atomic E-state index is 0.0789. The van der Waals surface area contributed by atoms with E-state index in [1.54, 1.807) is 24.3 Å². The summed E-state index contributed by atoms with van der Waals surface area (Å²) in [5, 5.41) is 10.9. The summed E-state index contributed by atoms with van der Waals surface area (Å²) in [7, 11) is 0. The number of hydrogen-bond acceptors (Lipinski definition) is 4. The molecular weight excluding hydrogens is 276 g/mol. The number of fused-ring (bicyclic) bond motifs is 1. The molecule has 1 aromatic rings. The van der Waals surface area contributed by atoms with Crippen LogP contribution in [0, 0.1) is 0 Å². The van der Waals surface area contributed by atoms with Crippen LogP contribution in [0.25, 0.3) is 0 Å². The van der Waals surface area contributed by atoms with Gasteiger partial charge in [-0.1, -0.05) is 12.1 Å². The SMILES string of the molecule is CC(NC(=O)CCN1C(=O)c2ccccc2C1=O)C(=O)O. The largest absolute Gasteiger partial charge is 0.480 e. The molecule has 1 aliphatic rings. The van der Waals surface area contributed by atoms with Crippen LogP contribution in [0.1, 0.15) is 34.1 Å². The van der Waals surface area contributed by atoms with Gasteiger partial charge in [0.05, 0.1) is 11.1 Å². The van der Waals surface area contributed by atoms with Gasteiger partial charge in [0.15, 0.2) is 0 Å². The van der Waals surface area contributed by atoms with Crippen LogP contribution in [0.2, 0.25) is 0 Å². The summed E-state index contributed by atoms with van der Waals surface area (Å²) in [6, 6.07) is 5.42. The van der Waals surface area contributed by atoms with E-state index in [0.29, 0.717) is 11.1 Å². The van der Waals surface area contributed by atoms with Gasteiger partial charge in [-0.25, -0.2) is 0 Å². The molecule has 0 saturated heterocycles. The van der Waals surface area contributed by atoms with Crippen LogP contribution in [0.5, 0.6) is 0 Å². The van der Waals surface area contributed by atoms with E-state index in [2.05, 4.69) is 5.32 Å². The lowest BCUT2D eigenvalue weighted by Gasteiger charge is -2.14. The van der Waals surface area contributed by atoms with Crippen LogP contribution in [-0.2, 0) is 9.59 Å². The van der Waals surface area contributed by atoms with Gasteiger partial charge in [-0.3, -0.25) is 24.1 Å². The van der Waals surface area contributed by atoms with Crippen LogP contribution in [-0.4, -0.2) is 46.3 Å². The predicted octanol–water partition coefficient (Wildman–Crippen LogP) is 0.262. The Morgan fingerprint density at radius 1 is 1.19 bits per heavy atom. The normalized spacial score (nSPS) is 14.8. The van der Waals surface area contributed by atoms with Crippen LogP contribution in [0.4, 0.5) is 0 Å². The number of nitrogens with one attached hydrogen (secondary N) is 1. The maximum atomic E-state index is 12.0. The second-order valence-corrected chi connectivity index (χ2v) is 4.68. The van der Waals surface area contributed by atoms with Gasteiger partial charge < -0.3 is 10.4 Å². The van der Waals surface area contributed by atoms with Crippen molar-refractivity contribution in [3.05, 3.63) is 35.4 Å². The minimum atomic E-state index is -1.15. The fourth-order valence-electron chi connectivity index (χ4n) is 2.03. The van der Waals surface area contributed by atoms with E-state index in [9.17, 15) is 19.2 Å². The van der Waals surface area contributed by atoms with Gasteiger partial charge in [-0.2, -0.15) is 0 Å². The van der Waals surface area contributed by atoms with Gasteiger partial charge in [-0.15, -0.1) is 0 Å². The van der Waals surface area contributed by atoms with Crippen LogP contribution >= 0.6 is 0 Å². The molecule has 3 amide bonds. The van der Waals surface area contributed by atoms with Gasteiger partial charge in [-0.05, 0) is 19.1 Å². The highest BCUT2D eigenvalue weighted by molar-refractivity contribution is 6.21. The number of amides is 3. The van der Waals surface area contributed by atoms with E-state index in [4.69, 9.17) is 5.11 Å². The van der Waals surface area contributed by atoms with E-state index < -0.39 is 29.7 Å². The van der Waals surface area contributed by atoms with E-state index in [1.807, 2.05) is 0 Å². The van der Waals surface area contributed by atoms with Crippen LogP contribution < -0.4 is 5.32 Å². The summed E-state index contributed by atoms with van der Waals surface area (Å²) in [6.07, 6.45) is -0.136.